The molecule has 1 aliphatic heterocycles. The number of rotatable bonds is 4. The highest BCUT2D eigenvalue weighted by Crippen LogP contribution is 2.18. The number of nitrogens with zero attached hydrogens (tertiary/aromatic N) is 1. The fraction of sp³-hybridized carbons (Fsp3) is 0.800. The predicted molar refractivity (Wildman–Crippen MR) is 55.0 cm³/mol. The molecule has 1 rings (SSSR count). The van der Waals surface area contributed by atoms with Crippen LogP contribution in [0, 0.1) is 5.92 Å². The Morgan fingerprint density at radius 3 is 2.47 bits per heavy atom. The van der Waals surface area contributed by atoms with Crippen molar-refractivity contribution in [1.29, 1.82) is 0 Å². The number of esters is 1. The largest absolute Gasteiger partial charge is 0.469 e. The normalized spacial score (nSPS) is 18.7. The van der Waals surface area contributed by atoms with Crippen molar-refractivity contribution >= 4 is 11.9 Å². The molecule has 1 fully saturated rings. The lowest BCUT2D eigenvalue weighted by atomic mass is 9.97. The standard InChI is InChI=1S/C10H18N2O3/c1-15-10(14)8-2-5-12(6-3-8)7-4-9(11)13/h8H,2-7H2,1H3,(H2,11,13). The molecule has 5 heteroatoms. The van der Waals surface area contributed by atoms with Crippen LogP contribution >= 0.6 is 0 Å². The van der Waals surface area contributed by atoms with E-state index in [1.165, 1.54) is 7.11 Å². The summed E-state index contributed by atoms with van der Waals surface area (Å²) in [6.07, 6.45) is 2.01. The predicted octanol–water partition coefficient (Wildman–Crippen LogP) is -0.253. The third kappa shape index (κ3) is 3.87. The topological polar surface area (TPSA) is 72.6 Å². The first kappa shape index (κ1) is 12.0. The van der Waals surface area contributed by atoms with Gasteiger partial charge in [-0.15, -0.1) is 0 Å². The molecule has 15 heavy (non-hydrogen) atoms. The lowest BCUT2D eigenvalue weighted by Gasteiger charge is -2.30. The first-order valence-corrected chi connectivity index (χ1v) is 5.22. The van der Waals surface area contributed by atoms with Crippen molar-refractivity contribution in [2.75, 3.05) is 26.7 Å². The molecule has 0 aliphatic carbocycles. The number of nitrogens with two attached hydrogens (primary N) is 1. The van der Waals surface area contributed by atoms with Gasteiger partial charge in [-0.2, -0.15) is 0 Å². The maximum atomic E-state index is 11.2. The van der Waals surface area contributed by atoms with Gasteiger partial charge in [0, 0.05) is 13.0 Å². The zero-order valence-corrected chi connectivity index (χ0v) is 9.07. The van der Waals surface area contributed by atoms with E-state index < -0.39 is 0 Å². The van der Waals surface area contributed by atoms with Gasteiger partial charge in [0.2, 0.25) is 5.91 Å². The Morgan fingerprint density at radius 2 is 2.00 bits per heavy atom. The van der Waals surface area contributed by atoms with Crippen LogP contribution in [0.4, 0.5) is 0 Å². The molecule has 0 unspecified atom stereocenters. The summed E-state index contributed by atoms with van der Waals surface area (Å²) < 4.78 is 4.69. The second-order valence-electron chi connectivity index (χ2n) is 3.86. The summed E-state index contributed by atoms with van der Waals surface area (Å²) in [7, 11) is 1.42. The minimum Gasteiger partial charge on any atom is -0.469 e. The molecule has 5 nitrogen and oxygen atoms in total. The molecular weight excluding hydrogens is 196 g/mol. The summed E-state index contributed by atoms with van der Waals surface area (Å²) >= 11 is 0. The molecule has 2 N–H and O–H groups in total. The molecular formula is C10H18N2O3. The SMILES string of the molecule is COC(=O)C1CCN(CCC(N)=O)CC1. The monoisotopic (exact) mass is 214 g/mol. The third-order valence-electron chi connectivity index (χ3n) is 2.80. The van der Waals surface area contributed by atoms with Crippen LogP contribution in [-0.2, 0) is 14.3 Å². The molecule has 0 radical (unpaired) electrons. The van der Waals surface area contributed by atoms with E-state index in [0.29, 0.717) is 13.0 Å². The van der Waals surface area contributed by atoms with E-state index in [2.05, 4.69) is 4.90 Å². The Bertz CT molecular complexity index is 235. The van der Waals surface area contributed by atoms with Crippen molar-refractivity contribution in [2.45, 2.75) is 19.3 Å². The van der Waals surface area contributed by atoms with Gasteiger partial charge in [0.05, 0.1) is 13.0 Å². The molecule has 0 spiro atoms. The van der Waals surface area contributed by atoms with Crippen molar-refractivity contribution in [3.8, 4) is 0 Å². The van der Waals surface area contributed by atoms with Gasteiger partial charge in [-0.05, 0) is 25.9 Å². The molecule has 1 saturated heterocycles. The van der Waals surface area contributed by atoms with Gasteiger partial charge in [-0.3, -0.25) is 9.59 Å². The van der Waals surface area contributed by atoms with Crippen molar-refractivity contribution < 1.29 is 14.3 Å². The molecule has 0 aromatic heterocycles. The minimum absolute atomic E-state index is 0.0276. The smallest absolute Gasteiger partial charge is 0.308 e. The van der Waals surface area contributed by atoms with E-state index in [1.54, 1.807) is 0 Å². The van der Waals surface area contributed by atoms with Gasteiger partial charge in [0.15, 0.2) is 0 Å². The summed E-state index contributed by atoms with van der Waals surface area (Å²) in [6, 6.07) is 0. The van der Waals surface area contributed by atoms with E-state index in [1.807, 2.05) is 0 Å². The van der Waals surface area contributed by atoms with E-state index in [9.17, 15) is 9.59 Å². The Kier molecular flexibility index (Phi) is 4.55. The summed E-state index contributed by atoms with van der Waals surface area (Å²) in [5.74, 6) is -0.366. The zero-order valence-electron chi connectivity index (χ0n) is 9.07. The molecule has 1 heterocycles. The van der Waals surface area contributed by atoms with Gasteiger partial charge in [-0.25, -0.2) is 0 Å². The fourth-order valence-electron chi connectivity index (χ4n) is 1.83. The number of primary amides is 1. The quantitative estimate of drug-likeness (QED) is 0.655. The highest BCUT2D eigenvalue weighted by molar-refractivity contribution is 5.74. The van der Waals surface area contributed by atoms with Crippen LogP contribution in [0.25, 0.3) is 0 Å². The lowest BCUT2D eigenvalue weighted by Crippen LogP contribution is -2.38. The number of piperidine rings is 1. The molecule has 0 aromatic carbocycles. The first-order valence-electron chi connectivity index (χ1n) is 5.22. The van der Waals surface area contributed by atoms with E-state index in [0.717, 1.165) is 25.9 Å². The maximum Gasteiger partial charge on any atom is 0.308 e. The van der Waals surface area contributed by atoms with E-state index >= 15 is 0 Å². The average molecular weight is 214 g/mol. The molecule has 86 valence electrons. The summed E-state index contributed by atoms with van der Waals surface area (Å²) in [4.78, 5) is 24.0. The molecule has 0 saturated carbocycles. The third-order valence-corrected chi connectivity index (χ3v) is 2.80. The van der Waals surface area contributed by atoms with E-state index in [-0.39, 0.29) is 17.8 Å². The van der Waals surface area contributed by atoms with E-state index in [4.69, 9.17) is 10.5 Å². The number of ether oxygens (including phenoxy) is 1. The van der Waals surface area contributed by atoms with Gasteiger partial charge in [0.1, 0.15) is 0 Å². The first-order chi connectivity index (χ1) is 7.13. The number of likely N-dealkylation sites (tertiary alicyclic amines) is 1. The number of hydrogen-bond acceptors (Lipinski definition) is 4. The average Bonchev–Trinajstić information content (AvgIpc) is 2.26. The van der Waals surface area contributed by atoms with Gasteiger partial charge in [-0.1, -0.05) is 0 Å². The van der Waals surface area contributed by atoms with Gasteiger partial charge < -0.3 is 15.4 Å². The van der Waals surface area contributed by atoms with Crippen LogP contribution < -0.4 is 5.73 Å². The van der Waals surface area contributed by atoms with Gasteiger partial charge >= 0.3 is 5.97 Å². The van der Waals surface area contributed by atoms with Crippen LogP contribution in [-0.4, -0.2) is 43.5 Å². The second-order valence-corrected chi connectivity index (χ2v) is 3.86. The number of hydrogen-bond donors (Lipinski definition) is 1. The molecule has 1 amide bonds. The molecule has 0 atom stereocenters. The lowest BCUT2D eigenvalue weighted by molar-refractivity contribution is -0.147. The van der Waals surface area contributed by atoms with Crippen molar-refractivity contribution in [2.24, 2.45) is 11.7 Å². The molecule has 0 aromatic rings. The van der Waals surface area contributed by atoms with Crippen molar-refractivity contribution in [1.82, 2.24) is 4.90 Å². The number of carbonyl (C=O) groups excluding carboxylic acids is 2. The van der Waals surface area contributed by atoms with Crippen molar-refractivity contribution in [3.63, 3.8) is 0 Å². The number of amides is 1. The fourth-order valence-corrected chi connectivity index (χ4v) is 1.83. The minimum atomic E-state index is -0.273. The number of methoxy groups -OCH3 is 1. The molecule has 0 bridgehead atoms. The maximum absolute atomic E-state index is 11.2. The Morgan fingerprint density at radius 1 is 1.40 bits per heavy atom. The van der Waals surface area contributed by atoms with Crippen LogP contribution in [0.5, 0.6) is 0 Å². The van der Waals surface area contributed by atoms with Gasteiger partial charge in [0.25, 0.3) is 0 Å². The Labute approximate surface area is 89.6 Å². The molecule has 1 aliphatic rings. The highest BCUT2D eigenvalue weighted by Gasteiger charge is 2.25. The zero-order chi connectivity index (χ0) is 11.3. The highest BCUT2D eigenvalue weighted by atomic mass is 16.5. The Balaban J connectivity index is 2.23. The summed E-state index contributed by atoms with van der Waals surface area (Å²) in [5, 5.41) is 0. The Hall–Kier alpha value is -1.10. The van der Waals surface area contributed by atoms with Crippen LogP contribution in [0.15, 0.2) is 0 Å². The van der Waals surface area contributed by atoms with Crippen LogP contribution in [0.3, 0.4) is 0 Å². The second kappa shape index (κ2) is 5.70. The van der Waals surface area contributed by atoms with Crippen LogP contribution in [0.2, 0.25) is 0 Å². The summed E-state index contributed by atoms with van der Waals surface area (Å²) in [6.45, 7) is 2.38. The summed E-state index contributed by atoms with van der Waals surface area (Å²) in [5.41, 5.74) is 5.07. The van der Waals surface area contributed by atoms with Crippen LogP contribution in [0.1, 0.15) is 19.3 Å². The number of carbonyl (C=O) groups is 2. The van der Waals surface area contributed by atoms with Crippen molar-refractivity contribution in [3.05, 3.63) is 0 Å².